The number of sulfonamides is 1. The Balaban J connectivity index is 2.30. The lowest BCUT2D eigenvalue weighted by molar-refractivity contribution is 0.340. The number of aromatic nitrogens is 2. The highest BCUT2D eigenvalue weighted by molar-refractivity contribution is 7.92. The van der Waals surface area contributed by atoms with Gasteiger partial charge in [-0.3, -0.25) is 9.40 Å². The molecule has 0 aliphatic carbocycles. The predicted molar refractivity (Wildman–Crippen MR) is 85.8 cm³/mol. The first-order valence-corrected chi connectivity index (χ1v) is 8.67. The van der Waals surface area contributed by atoms with Gasteiger partial charge in [0.2, 0.25) is 0 Å². The van der Waals surface area contributed by atoms with Crippen molar-refractivity contribution < 1.29 is 13.2 Å². The van der Waals surface area contributed by atoms with Crippen LogP contribution in [0.4, 0.5) is 5.69 Å². The van der Waals surface area contributed by atoms with Crippen molar-refractivity contribution in [2.45, 2.75) is 39.1 Å². The second-order valence-corrected chi connectivity index (χ2v) is 6.50. The third kappa shape index (κ3) is 3.24. The summed E-state index contributed by atoms with van der Waals surface area (Å²) in [7, 11) is -3.66. The van der Waals surface area contributed by atoms with Crippen LogP contribution < -0.4 is 9.46 Å². The molecular formula is C15H21N3O3S. The van der Waals surface area contributed by atoms with Gasteiger partial charge in [0.1, 0.15) is 10.6 Å². The van der Waals surface area contributed by atoms with E-state index in [0.29, 0.717) is 36.0 Å². The molecule has 120 valence electrons. The minimum atomic E-state index is -3.66. The highest BCUT2D eigenvalue weighted by atomic mass is 32.2. The third-order valence-electron chi connectivity index (χ3n) is 3.30. The molecular weight excluding hydrogens is 302 g/mol. The molecule has 1 aromatic carbocycles. The highest BCUT2D eigenvalue weighted by Gasteiger charge is 2.24. The summed E-state index contributed by atoms with van der Waals surface area (Å²) in [6, 6.07) is 6.82. The fourth-order valence-electron chi connectivity index (χ4n) is 2.37. The van der Waals surface area contributed by atoms with Gasteiger partial charge in [-0.25, -0.2) is 8.42 Å². The van der Waals surface area contributed by atoms with E-state index in [0.717, 1.165) is 0 Å². The molecule has 0 saturated carbocycles. The van der Waals surface area contributed by atoms with Gasteiger partial charge in [0.05, 0.1) is 18.0 Å². The average molecular weight is 323 g/mol. The molecule has 0 spiro atoms. The van der Waals surface area contributed by atoms with Gasteiger partial charge in [-0.15, -0.1) is 0 Å². The number of aryl methyl sites for hydroxylation is 2. The standard InChI is InChI=1S/C15H21N3O3S/c1-5-18-12(4)15(11(3)16-18)22(19,20)17-13-7-9-14(10-8-13)21-6-2/h7-10,17H,5-6H2,1-4H3. The number of benzene rings is 1. The van der Waals surface area contributed by atoms with Gasteiger partial charge in [-0.2, -0.15) is 5.10 Å². The number of nitrogens with zero attached hydrogens (tertiary/aromatic N) is 2. The Morgan fingerprint density at radius 1 is 1.18 bits per heavy atom. The van der Waals surface area contributed by atoms with E-state index >= 15 is 0 Å². The van der Waals surface area contributed by atoms with Gasteiger partial charge >= 0.3 is 0 Å². The van der Waals surface area contributed by atoms with Crippen molar-refractivity contribution in [2.24, 2.45) is 0 Å². The predicted octanol–water partition coefficient (Wildman–Crippen LogP) is 2.72. The zero-order valence-corrected chi connectivity index (χ0v) is 14.1. The van der Waals surface area contributed by atoms with Crippen LogP contribution in [0.25, 0.3) is 0 Å². The van der Waals surface area contributed by atoms with E-state index in [2.05, 4.69) is 9.82 Å². The topological polar surface area (TPSA) is 73.2 Å². The molecule has 1 N–H and O–H groups in total. The first kappa shape index (κ1) is 16.4. The highest BCUT2D eigenvalue weighted by Crippen LogP contribution is 2.23. The van der Waals surface area contributed by atoms with E-state index in [9.17, 15) is 8.42 Å². The summed E-state index contributed by atoms with van der Waals surface area (Å²) in [4.78, 5) is 0.239. The number of hydrogen-bond acceptors (Lipinski definition) is 4. The maximum absolute atomic E-state index is 12.6. The molecule has 0 unspecified atom stereocenters. The number of rotatable bonds is 6. The molecule has 1 heterocycles. The van der Waals surface area contributed by atoms with E-state index in [1.165, 1.54) is 0 Å². The Morgan fingerprint density at radius 3 is 2.32 bits per heavy atom. The number of ether oxygens (including phenoxy) is 1. The summed E-state index contributed by atoms with van der Waals surface area (Å²) < 4.78 is 34.8. The summed E-state index contributed by atoms with van der Waals surface area (Å²) in [5.74, 6) is 0.705. The quantitative estimate of drug-likeness (QED) is 0.887. The van der Waals surface area contributed by atoms with Crippen LogP contribution in [0.2, 0.25) is 0 Å². The van der Waals surface area contributed by atoms with Crippen LogP contribution in [-0.2, 0) is 16.6 Å². The van der Waals surface area contributed by atoms with Gasteiger partial charge in [-0.1, -0.05) is 0 Å². The molecule has 0 fully saturated rings. The number of nitrogens with one attached hydrogen (secondary N) is 1. The third-order valence-corrected chi connectivity index (χ3v) is 4.93. The van der Waals surface area contributed by atoms with Crippen molar-refractivity contribution >= 4 is 15.7 Å². The van der Waals surface area contributed by atoms with Crippen molar-refractivity contribution in [3.63, 3.8) is 0 Å². The second-order valence-electron chi connectivity index (χ2n) is 4.88. The van der Waals surface area contributed by atoms with Crippen LogP contribution in [0.3, 0.4) is 0 Å². The van der Waals surface area contributed by atoms with E-state index < -0.39 is 10.0 Å². The molecule has 0 atom stereocenters. The van der Waals surface area contributed by atoms with Crippen LogP contribution in [0.1, 0.15) is 25.2 Å². The molecule has 2 aromatic rings. The van der Waals surface area contributed by atoms with E-state index in [4.69, 9.17) is 4.74 Å². The zero-order chi connectivity index (χ0) is 16.3. The lowest BCUT2D eigenvalue weighted by Crippen LogP contribution is -2.15. The molecule has 2 rings (SSSR count). The van der Waals surface area contributed by atoms with Crippen LogP contribution in [0.5, 0.6) is 5.75 Å². The van der Waals surface area contributed by atoms with Gasteiger partial charge in [0.25, 0.3) is 10.0 Å². The summed E-state index contributed by atoms with van der Waals surface area (Å²) >= 11 is 0. The maximum Gasteiger partial charge on any atom is 0.265 e. The Kier molecular flexibility index (Phi) is 4.75. The lowest BCUT2D eigenvalue weighted by atomic mass is 10.3. The second kappa shape index (κ2) is 6.39. The van der Waals surface area contributed by atoms with E-state index in [1.807, 2.05) is 13.8 Å². The van der Waals surface area contributed by atoms with Gasteiger partial charge in [0, 0.05) is 12.2 Å². The largest absolute Gasteiger partial charge is 0.494 e. The first-order valence-electron chi connectivity index (χ1n) is 7.18. The molecule has 6 nitrogen and oxygen atoms in total. The Bertz CT molecular complexity index is 749. The average Bonchev–Trinajstić information content (AvgIpc) is 2.76. The Labute approximate surface area is 131 Å². The lowest BCUT2D eigenvalue weighted by Gasteiger charge is -2.09. The monoisotopic (exact) mass is 323 g/mol. The fourth-order valence-corrected chi connectivity index (χ4v) is 3.84. The van der Waals surface area contributed by atoms with Crippen molar-refractivity contribution in [1.29, 1.82) is 0 Å². The Hall–Kier alpha value is -2.02. The fraction of sp³-hybridized carbons (Fsp3) is 0.400. The van der Waals surface area contributed by atoms with Crippen LogP contribution in [-0.4, -0.2) is 24.8 Å². The van der Waals surface area contributed by atoms with Crippen molar-refractivity contribution in [1.82, 2.24) is 9.78 Å². The van der Waals surface area contributed by atoms with E-state index in [1.54, 1.807) is 42.8 Å². The van der Waals surface area contributed by atoms with Crippen molar-refractivity contribution in [3.05, 3.63) is 35.7 Å². The smallest absolute Gasteiger partial charge is 0.265 e. The molecule has 7 heteroatoms. The zero-order valence-electron chi connectivity index (χ0n) is 13.3. The molecule has 1 aromatic heterocycles. The molecule has 0 aliphatic heterocycles. The number of hydrogen-bond donors (Lipinski definition) is 1. The van der Waals surface area contributed by atoms with Crippen molar-refractivity contribution in [2.75, 3.05) is 11.3 Å². The van der Waals surface area contributed by atoms with Gasteiger partial charge in [-0.05, 0) is 52.0 Å². The summed E-state index contributed by atoms with van der Waals surface area (Å²) in [6.45, 7) is 8.48. The SMILES string of the molecule is CCOc1ccc(NS(=O)(=O)c2c(C)nn(CC)c2C)cc1. The van der Waals surface area contributed by atoms with Crippen molar-refractivity contribution in [3.8, 4) is 5.75 Å². The maximum atomic E-state index is 12.6. The molecule has 0 aliphatic rings. The molecule has 0 radical (unpaired) electrons. The van der Waals surface area contributed by atoms with Crippen LogP contribution >= 0.6 is 0 Å². The molecule has 0 amide bonds. The summed E-state index contributed by atoms with van der Waals surface area (Å²) in [5.41, 5.74) is 1.63. The first-order chi connectivity index (χ1) is 10.4. The molecule has 0 saturated heterocycles. The molecule has 0 bridgehead atoms. The normalized spacial score (nSPS) is 11.5. The van der Waals surface area contributed by atoms with Crippen LogP contribution in [0, 0.1) is 13.8 Å². The summed E-state index contributed by atoms with van der Waals surface area (Å²) in [6.07, 6.45) is 0. The number of anilines is 1. The molecule has 22 heavy (non-hydrogen) atoms. The Morgan fingerprint density at radius 2 is 1.82 bits per heavy atom. The minimum Gasteiger partial charge on any atom is -0.494 e. The minimum absolute atomic E-state index is 0.239. The van der Waals surface area contributed by atoms with E-state index in [-0.39, 0.29) is 4.90 Å². The van der Waals surface area contributed by atoms with Gasteiger partial charge < -0.3 is 4.74 Å². The van der Waals surface area contributed by atoms with Gasteiger partial charge in [0.15, 0.2) is 0 Å². The summed E-state index contributed by atoms with van der Waals surface area (Å²) in [5, 5.41) is 4.25. The van der Waals surface area contributed by atoms with Crippen LogP contribution in [0.15, 0.2) is 29.2 Å².